The highest BCUT2D eigenvalue weighted by Crippen LogP contribution is 1.97. The summed E-state index contributed by atoms with van der Waals surface area (Å²) in [5.74, 6) is 0.991. The second kappa shape index (κ2) is 35.7. The lowest BCUT2D eigenvalue weighted by Crippen LogP contribution is -2.27. The molecule has 0 rings (SSSR count). The zero-order valence-electron chi connectivity index (χ0n) is 25.1. The lowest BCUT2D eigenvalue weighted by atomic mass is 10.3. The van der Waals surface area contributed by atoms with Gasteiger partial charge in [0.05, 0.1) is 58.5 Å². The molecular formula is C27H56N2O11S2. The first-order valence-electron chi connectivity index (χ1n) is 13.9. The average molecular weight is 649 g/mol. The van der Waals surface area contributed by atoms with E-state index in [0.29, 0.717) is 83.7 Å². The van der Waals surface area contributed by atoms with Crippen molar-refractivity contribution in [1.82, 2.24) is 10.6 Å². The maximum absolute atomic E-state index is 11.2. The minimum atomic E-state index is -0.480. The molecule has 0 bridgehead atoms. The van der Waals surface area contributed by atoms with Gasteiger partial charge < -0.3 is 48.5 Å². The lowest BCUT2D eigenvalue weighted by Gasteiger charge is -2.13. The number of carbonyl (C=O) groups excluding carboxylic acids is 3. The number of hydrogen-bond acceptors (Lipinski definition) is 13. The molecule has 2 N–H and O–H groups in total. The third kappa shape index (κ3) is 36.5. The smallest absolute Gasteiger partial charge is 0.407 e. The van der Waals surface area contributed by atoms with Crippen LogP contribution in [0.2, 0.25) is 0 Å². The van der Waals surface area contributed by atoms with Crippen LogP contribution in [0.1, 0.15) is 47.5 Å². The Balaban J connectivity index is -0.000000728. The molecule has 0 fully saturated rings. The van der Waals surface area contributed by atoms with Crippen LogP contribution in [-0.4, -0.2) is 128 Å². The first-order chi connectivity index (χ1) is 19.8. The standard InChI is InChI=1S/C14H27NO6S2.C12H25NO5.CH4/c1-12(19-7-8-20-13(16)3-2-9-22)11-18-5-6-21-14(17)15-4-10-23;1-4-5-13-12(14)18-9-8-17-11(2)10-16-7-6-15-3;/h12,22-23H,2-11H2,1H3,(H,15,17);11H,4-10H2,1-3H3,(H,13,14);1H4. The highest BCUT2D eigenvalue weighted by atomic mass is 32.1. The van der Waals surface area contributed by atoms with E-state index in [1.165, 1.54) is 0 Å². The molecule has 0 aromatic heterocycles. The van der Waals surface area contributed by atoms with Crippen molar-refractivity contribution in [2.45, 2.75) is 59.7 Å². The van der Waals surface area contributed by atoms with Gasteiger partial charge in [0.15, 0.2) is 0 Å². The Bertz CT molecular complexity index is 623. The second-order valence-corrected chi connectivity index (χ2v) is 9.30. The van der Waals surface area contributed by atoms with Gasteiger partial charge in [0.25, 0.3) is 0 Å². The summed E-state index contributed by atoms with van der Waals surface area (Å²) in [6.45, 7) is 10.5. The van der Waals surface area contributed by atoms with Crippen LogP contribution in [0.15, 0.2) is 0 Å². The van der Waals surface area contributed by atoms with Crippen molar-refractivity contribution < 1.29 is 52.3 Å². The Morgan fingerprint density at radius 2 is 1.19 bits per heavy atom. The topological polar surface area (TPSA) is 149 Å². The van der Waals surface area contributed by atoms with E-state index >= 15 is 0 Å². The minimum Gasteiger partial charge on any atom is -0.463 e. The number of alkyl carbamates (subject to hydrolysis) is 2. The Morgan fingerprint density at radius 1 is 0.690 bits per heavy atom. The Kier molecular flexibility index (Phi) is 38.2. The van der Waals surface area contributed by atoms with Gasteiger partial charge in [-0.2, -0.15) is 25.3 Å². The monoisotopic (exact) mass is 648 g/mol. The average Bonchev–Trinajstić information content (AvgIpc) is 2.96. The van der Waals surface area contributed by atoms with Crippen LogP contribution in [0.3, 0.4) is 0 Å². The molecule has 2 atom stereocenters. The van der Waals surface area contributed by atoms with E-state index in [1.807, 2.05) is 20.8 Å². The van der Waals surface area contributed by atoms with Crippen LogP contribution in [0.25, 0.3) is 0 Å². The number of amides is 2. The molecule has 2 amide bonds. The summed E-state index contributed by atoms with van der Waals surface area (Å²) < 4.78 is 41.1. The summed E-state index contributed by atoms with van der Waals surface area (Å²) in [4.78, 5) is 33.4. The van der Waals surface area contributed by atoms with Gasteiger partial charge in [-0.15, -0.1) is 0 Å². The first-order valence-corrected chi connectivity index (χ1v) is 15.1. The number of esters is 1. The van der Waals surface area contributed by atoms with E-state index < -0.39 is 12.2 Å². The molecule has 13 nitrogen and oxygen atoms in total. The summed E-state index contributed by atoms with van der Waals surface area (Å²) in [7, 11) is 1.63. The van der Waals surface area contributed by atoms with Gasteiger partial charge in [0, 0.05) is 32.4 Å². The van der Waals surface area contributed by atoms with E-state index in [0.717, 1.165) is 6.42 Å². The van der Waals surface area contributed by atoms with Gasteiger partial charge in [0.2, 0.25) is 0 Å². The van der Waals surface area contributed by atoms with E-state index in [-0.39, 0.29) is 45.4 Å². The van der Waals surface area contributed by atoms with E-state index in [4.69, 9.17) is 37.9 Å². The summed E-state index contributed by atoms with van der Waals surface area (Å²) in [6, 6.07) is 0. The summed E-state index contributed by atoms with van der Waals surface area (Å²) in [6.07, 6.45) is 0.942. The van der Waals surface area contributed by atoms with Crippen LogP contribution in [0, 0.1) is 0 Å². The van der Waals surface area contributed by atoms with Crippen LogP contribution in [0.4, 0.5) is 9.59 Å². The fourth-order valence-electron chi connectivity index (χ4n) is 2.50. The molecule has 0 aliphatic heterocycles. The van der Waals surface area contributed by atoms with Crippen molar-refractivity contribution in [3.63, 3.8) is 0 Å². The molecule has 0 aromatic carbocycles. The summed E-state index contributed by atoms with van der Waals surface area (Å²) in [5.41, 5.74) is 0. The second-order valence-electron chi connectivity index (χ2n) is 8.40. The van der Waals surface area contributed by atoms with E-state index in [9.17, 15) is 14.4 Å². The molecule has 0 spiro atoms. The molecular weight excluding hydrogens is 592 g/mol. The fraction of sp³-hybridized carbons (Fsp3) is 0.889. The van der Waals surface area contributed by atoms with Gasteiger partial charge in [-0.3, -0.25) is 4.79 Å². The zero-order chi connectivity index (χ0) is 31.0. The van der Waals surface area contributed by atoms with Gasteiger partial charge >= 0.3 is 18.2 Å². The molecule has 0 radical (unpaired) electrons. The van der Waals surface area contributed by atoms with Crippen molar-refractivity contribution >= 4 is 43.4 Å². The van der Waals surface area contributed by atoms with Gasteiger partial charge in [-0.05, 0) is 32.4 Å². The SMILES string of the molecule is C.CC(COCCOC(=O)NCCS)OCCOC(=O)CCCS.CCCNC(=O)OCCOC(C)COCCOC. The first kappa shape index (κ1) is 44.9. The van der Waals surface area contributed by atoms with Gasteiger partial charge in [-0.1, -0.05) is 14.4 Å². The zero-order valence-corrected chi connectivity index (χ0v) is 26.8. The maximum Gasteiger partial charge on any atom is 0.407 e. The van der Waals surface area contributed by atoms with Crippen molar-refractivity contribution in [1.29, 1.82) is 0 Å². The molecule has 42 heavy (non-hydrogen) atoms. The minimum absolute atomic E-state index is 0. The van der Waals surface area contributed by atoms with Crippen LogP contribution in [-0.2, 0) is 42.7 Å². The fourth-order valence-corrected chi connectivity index (χ4v) is 2.77. The molecule has 0 aliphatic carbocycles. The number of rotatable bonds is 25. The summed E-state index contributed by atoms with van der Waals surface area (Å²) >= 11 is 7.99. The Labute approximate surface area is 263 Å². The largest absolute Gasteiger partial charge is 0.463 e. The quantitative estimate of drug-likeness (QED) is 0.0501. The normalized spacial score (nSPS) is 11.7. The summed E-state index contributed by atoms with van der Waals surface area (Å²) in [5, 5.41) is 5.14. The highest BCUT2D eigenvalue weighted by molar-refractivity contribution is 7.80. The van der Waals surface area contributed by atoms with Crippen LogP contribution >= 0.6 is 25.3 Å². The number of thiol groups is 2. The number of nitrogens with one attached hydrogen (secondary N) is 2. The number of methoxy groups -OCH3 is 1. The highest BCUT2D eigenvalue weighted by Gasteiger charge is 2.06. The van der Waals surface area contributed by atoms with Crippen molar-refractivity contribution in [3.05, 3.63) is 0 Å². The molecule has 0 saturated heterocycles. The molecule has 0 heterocycles. The number of hydrogen-bond donors (Lipinski definition) is 4. The molecule has 252 valence electrons. The van der Waals surface area contributed by atoms with Crippen LogP contribution in [0.5, 0.6) is 0 Å². The molecule has 15 heteroatoms. The number of carbonyl (C=O) groups is 3. The molecule has 0 aromatic rings. The van der Waals surface area contributed by atoms with Crippen LogP contribution < -0.4 is 10.6 Å². The van der Waals surface area contributed by atoms with Crippen molar-refractivity contribution in [2.24, 2.45) is 0 Å². The molecule has 2 unspecified atom stereocenters. The lowest BCUT2D eigenvalue weighted by molar-refractivity contribution is -0.146. The third-order valence-electron chi connectivity index (χ3n) is 4.50. The van der Waals surface area contributed by atoms with Crippen molar-refractivity contribution in [3.8, 4) is 0 Å². The Hall–Kier alpha value is -1.49. The predicted molar refractivity (Wildman–Crippen MR) is 168 cm³/mol. The maximum atomic E-state index is 11.2. The van der Waals surface area contributed by atoms with E-state index in [1.54, 1.807) is 7.11 Å². The van der Waals surface area contributed by atoms with Gasteiger partial charge in [0.1, 0.15) is 19.8 Å². The predicted octanol–water partition coefficient (Wildman–Crippen LogP) is 3.14. The number of ether oxygens (including phenoxy) is 8. The molecule has 0 saturated carbocycles. The Morgan fingerprint density at radius 3 is 1.69 bits per heavy atom. The van der Waals surface area contributed by atoms with E-state index in [2.05, 4.69) is 35.9 Å². The third-order valence-corrected chi connectivity index (χ3v) is 5.04. The van der Waals surface area contributed by atoms with Crippen molar-refractivity contribution in [2.75, 3.05) is 97.8 Å². The van der Waals surface area contributed by atoms with Gasteiger partial charge in [-0.25, -0.2) is 9.59 Å². The molecule has 0 aliphatic rings.